The van der Waals surface area contributed by atoms with Gasteiger partial charge in [0.2, 0.25) is 0 Å². The van der Waals surface area contributed by atoms with E-state index in [4.69, 9.17) is 5.26 Å². The molecule has 0 saturated heterocycles. The van der Waals surface area contributed by atoms with Gasteiger partial charge in [0.15, 0.2) is 0 Å². The van der Waals surface area contributed by atoms with Crippen LogP contribution in [-0.4, -0.2) is 0 Å². The van der Waals surface area contributed by atoms with Crippen molar-refractivity contribution in [1.82, 2.24) is 0 Å². The summed E-state index contributed by atoms with van der Waals surface area (Å²) in [6, 6.07) is 24.4. The molecule has 1 heteroatoms. The summed E-state index contributed by atoms with van der Waals surface area (Å²) >= 11 is 0. The van der Waals surface area contributed by atoms with Crippen molar-refractivity contribution in [2.45, 2.75) is 46.0 Å². The summed E-state index contributed by atoms with van der Waals surface area (Å²) in [5, 5.41) is 9.04. The number of aryl methyl sites for hydroxylation is 2. The molecule has 0 aliphatic heterocycles. The highest BCUT2D eigenvalue weighted by Crippen LogP contribution is 2.13. The SMILES string of the molecule is CCCCCc1ccc(C#Cc2ccc(C#Cc3cccc(C#N)c3)c(CC)c2)cc1. The van der Waals surface area contributed by atoms with Gasteiger partial charge in [0, 0.05) is 22.3 Å². The monoisotopic (exact) mass is 401 g/mol. The first-order chi connectivity index (χ1) is 15.2. The fourth-order valence-electron chi connectivity index (χ4n) is 3.37. The third-order valence-corrected chi connectivity index (χ3v) is 5.19. The lowest BCUT2D eigenvalue weighted by Gasteiger charge is -2.02. The molecule has 0 bridgehead atoms. The zero-order chi connectivity index (χ0) is 21.9. The van der Waals surface area contributed by atoms with E-state index in [1.165, 1.54) is 30.4 Å². The van der Waals surface area contributed by atoms with Gasteiger partial charge in [0.25, 0.3) is 0 Å². The first kappa shape index (κ1) is 22.0. The smallest absolute Gasteiger partial charge is 0.0992 e. The topological polar surface area (TPSA) is 23.8 Å². The molecule has 0 fully saturated rings. The van der Waals surface area contributed by atoms with Crippen molar-refractivity contribution in [3.63, 3.8) is 0 Å². The molecular formula is C30H27N. The Morgan fingerprint density at radius 2 is 1.35 bits per heavy atom. The maximum atomic E-state index is 9.04. The van der Waals surface area contributed by atoms with E-state index in [0.717, 1.165) is 35.1 Å². The van der Waals surface area contributed by atoms with Crippen molar-refractivity contribution in [2.75, 3.05) is 0 Å². The lowest BCUT2D eigenvalue weighted by molar-refractivity contribution is 0.717. The Morgan fingerprint density at radius 3 is 2.10 bits per heavy atom. The quantitative estimate of drug-likeness (QED) is 0.347. The van der Waals surface area contributed by atoms with Crippen molar-refractivity contribution in [1.29, 1.82) is 5.26 Å². The van der Waals surface area contributed by atoms with E-state index in [1.807, 2.05) is 30.3 Å². The summed E-state index contributed by atoms with van der Waals surface area (Å²) < 4.78 is 0. The van der Waals surface area contributed by atoms with E-state index in [9.17, 15) is 0 Å². The molecular weight excluding hydrogens is 374 g/mol. The molecule has 0 spiro atoms. The van der Waals surface area contributed by atoms with E-state index >= 15 is 0 Å². The summed E-state index contributed by atoms with van der Waals surface area (Å²) in [4.78, 5) is 0. The third-order valence-electron chi connectivity index (χ3n) is 5.19. The molecule has 0 aromatic heterocycles. The molecule has 0 saturated carbocycles. The van der Waals surface area contributed by atoms with Crippen molar-refractivity contribution in [3.05, 3.63) is 106 Å². The maximum Gasteiger partial charge on any atom is 0.0992 e. The number of hydrogen-bond donors (Lipinski definition) is 0. The second-order valence-electron chi connectivity index (χ2n) is 7.57. The van der Waals surface area contributed by atoms with Crippen LogP contribution < -0.4 is 0 Å². The Hall–Kier alpha value is -3.73. The first-order valence-electron chi connectivity index (χ1n) is 11.0. The number of unbranched alkanes of at least 4 members (excludes halogenated alkanes) is 2. The van der Waals surface area contributed by atoms with E-state index in [2.05, 4.69) is 73.9 Å². The lowest BCUT2D eigenvalue weighted by Crippen LogP contribution is -1.90. The Balaban J connectivity index is 1.74. The predicted octanol–water partition coefficient (Wildman–Crippen LogP) is 6.65. The van der Waals surface area contributed by atoms with E-state index in [-0.39, 0.29) is 0 Å². The minimum atomic E-state index is 0.627. The molecule has 0 unspecified atom stereocenters. The van der Waals surface area contributed by atoms with Gasteiger partial charge in [-0.1, -0.05) is 68.6 Å². The minimum Gasteiger partial charge on any atom is -0.192 e. The van der Waals surface area contributed by atoms with Crippen LogP contribution in [0, 0.1) is 35.0 Å². The normalized spacial score (nSPS) is 9.71. The molecule has 0 heterocycles. The molecule has 0 atom stereocenters. The molecule has 3 rings (SSSR count). The summed E-state index contributed by atoms with van der Waals surface area (Å²) in [6.07, 6.45) is 5.82. The van der Waals surface area contributed by atoms with Gasteiger partial charge in [-0.05, 0) is 78.9 Å². The molecule has 3 aromatic carbocycles. The van der Waals surface area contributed by atoms with Crippen LogP contribution in [0.4, 0.5) is 0 Å². The number of hydrogen-bond acceptors (Lipinski definition) is 1. The molecule has 0 radical (unpaired) electrons. The van der Waals surface area contributed by atoms with Crippen LogP contribution in [-0.2, 0) is 12.8 Å². The third kappa shape index (κ3) is 6.64. The second-order valence-corrected chi connectivity index (χ2v) is 7.57. The fraction of sp³-hybridized carbons (Fsp3) is 0.233. The van der Waals surface area contributed by atoms with Gasteiger partial charge in [0.05, 0.1) is 11.6 Å². The van der Waals surface area contributed by atoms with Crippen molar-refractivity contribution in [2.24, 2.45) is 0 Å². The fourth-order valence-corrected chi connectivity index (χ4v) is 3.37. The molecule has 0 aliphatic carbocycles. The number of nitrogens with zero attached hydrogens (tertiary/aromatic N) is 1. The maximum absolute atomic E-state index is 9.04. The average Bonchev–Trinajstić information content (AvgIpc) is 2.82. The highest BCUT2D eigenvalue weighted by molar-refractivity contribution is 5.52. The Bertz CT molecular complexity index is 1190. The van der Waals surface area contributed by atoms with Crippen molar-refractivity contribution < 1.29 is 0 Å². The van der Waals surface area contributed by atoms with Gasteiger partial charge in [0.1, 0.15) is 0 Å². The van der Waals surface area contributed by atoms with Gasteiger partial charge < -0.3 is 0 Å². The van der Waals surface area contributed by atoms with Crippen LogP contribution in [0.2, 0.25) is 0 Å². The zero-order valence-corrected chi connectivity index (χ0v) is 18.3. The largest absolute Gasteiger partial charge is 0.192 e. The zero-order valence-electron chi connectivity index (χ0n) is 18.3. The van der Waals surface area contributed by atoms with Gasteiger partial charge in [-0.2, -0.15) is 5.26 Å². The average molecular weight is 402 g/mol. The van der Waals surface area contributed by atoms with E-state index < -0.39 is 0 Å². The standard InChI is InChI=1S/C30H27N/c1-3-5-6-8-24-11-13-25(14-12-24)15-16-27-18-20-30(29(4-2)22-27)19-17-26-9-7-10-28(21-26)23-31/h7,9-14,18,20-22H,3-6,8H2,1-2H3. The van der Waals surface area contributed by atoms with Crippen LogP contribution in [0.1, 0.15) is 72.1 Å². The molecule has 31 heavy (non-hydrogen) atoms. The molecule has 152 valence electrons. The number of benzene rings is 3. The van der Waals surface area contributed by atoms with Crippen LogP contribution >= 0.6 is 0 Å². The summed E-state index contributed by atoms with van der Waals surface area (Å²) in [5.41, 5.74) is 7.09. The van der Waals surface area contributed by atoms with Gasteiger partial charge in [-0.25, -0.2) is 0 Å². The number of rotatable bonds is 5. The van der Waals surface area contributed by atoms with Crippen LogP contribution in [0.15, 0.2) is 66.7 Å². The van der Waals surface area contributed by atoms with Crippen LogP contribution in [0.5, 0.6) is 0 Å². The Labute approximate surface area is 186 Å². The van der Waals surface area contributed by atoms with Gasteiger partial charge in [-0.15, -0.1) is 0 Å². The van der Waals surface area contributed by atoms with Gasteiger partial charge >= 0.3 is 0 Å². The van der Waals surface area contributed by atoms with Crippen LogP contribution in [0.3, 0.4) is 0 Å². The first-order valence-corrected chi connectivity index (χ1v) is 11.0. The molecule has 0 amide bonds. The van der Waals surface area contributed by atoms with Gasteiger partial charge in [-0.3, -0.25) is 0 Å². The Morgan fingerprint density at radius 1 is 0.677 bits per heavy atom. The second kappa shape index (κ2) is 11.5. The van der Waals surface area contributed by atoms with Crippen molar-refractivity contribution in [3.8, 4) is 29.8 Å². The van der Waals surface area contributed by atoms with Crippen molar-refractivity contribution >= 4 is 0 Å². The summed E-state index contributed by atoms with van der Waals surface area (Å²) in [6.45, 7) is 4.36. The molecule has 0 aliphatic rings. The minimum absolute atomic E-state index is 0.627. The van der Waals surface area contributed by atoms with E-state index in [0.29, 0.717) is 5.56 Å². The molecule has 3 aromatic rings. The highest BCUT2D eigenvalue weighted by atomic mass is 14.2. The Kier molecular flexibility index (Phi) is 8.12. The summed E-state index contributed by atoms with van der Waals surface area (Å²) in [5.74, 6) is 13.0. The van der Waals surface area contributed by atoms with E-state index in [1.54, 1.807) is 6.07 Å². The van der Waals surface area contributed by atoms with Crippen LogP contribution in [0.25, 0.3) is 0 Å². The predicted molar refractivity (Wildman–Crippen MR) is 129 cm³/mol. The lowest BCUT2D eigenvalue weighted by atomic mass is 10.0. The summed E-state index contributed by atoms with van der Waals surface area (Å²) in [7, 11) is 0. The molecule has 0 N–H and O–H groups in total. The highest BCUT2D eigenvalue weighted by Gasteiger charge is 2.00. The molecule has 1 nitrogen and oxygen atoms in total. The number of nitriles is 1.